The summed E-state index contributed by atoms with van der Waals surface area (Å²) in [5, 5.41) is 6.72. The van der Waals surface area contributed by atoms with Crippen molar-refractivity contribution in [2.24, 2.45) is 5.10 Å². The molecule has 0 radical (unpaired) electrons. The molecule has 0 bridgehead atoms. The van der Waals surface area contributed by atoms with Gasteiger partial charge in [0.15, 0.2) is 0 Å². The van der Waals surface area contributed by atoms with Crippen LogP contribution in [0.25, 0.3) is 0 Å². The average molecular weight is 454 g/mol. The lowest BCUT2D eigenvalue weighted by Gasteiger charge is -2.22. The first-order chi connectivity index (χ1) is 13.5. The Kier molecular flexibility index (Phi) is 5.33. The highest BCUT2D eigenvalue weighted by atomic mass is 79.9. The van der Waals surface area contributed by atoms with Gasteiger partial charge in [-0.2, -0.15) is 5.10 Å². The molecule has 140 valence electrons. The van der Waals surface area contributed by atoms with E-state index in [-0.39, 0.29) is 11.9 Å². The SMILES string of the molecule is Cc1ccc(C2=NN(C(=O)c3ccccc3Cl)[C@H](c3ccc(Br)cc3)C2)cc1. The predicted octanol–water partition coefficient (Wildman–Crippen LogP) is 6.40. The first-order valence-electron chi connectivity index (χ1n) is 9.01. The predicted molar refractivity (Wildman–Crippen MR) is 117 cm³/mol. The summed E-state index contributed by atoms with van der Waals surface area (Å²) in [6.07, 6.45) is 0.654. The number of amides is 1. The molecule has 3 aromatic carbocycles. The van der Waals surface area contributed by atoms with Gasteiger partial charge >= 0.3 is 0 Å². The van der Waals surface area contributed by atoms with E-state index in [1.165, 1.54) is 5.56 Å². The standard InChI is InChI=1S/C23H18BrClN2O/c1-15-6-8-16(9-7-15)21-14-22(17-10-12-18(24)13-11-17)27(26-21)23(28)19-4-2-3-5-20(19)25/h2-13,22H,14H2,1H3/t22-/m0/s1. The first kappa shape index (κ1) is 18.9. The van der Waals surface area contributed by atoms with E-state index in [2.05, 4.69) is 47.1 Å². The van der Waals surface area contributed by atoms with Crippen molar-refractivity contribution >= 4 is 39.1 Å². The van der Waals surface area contributed by atoms with Crippen molar-refractivity contribution in [1.82, 2.24) is 5.01 Å². The topological polar surface area (TPSA) is 32.7 Å². The number of carbonyl (C=O) groups is 1. The molecule has 0 unspecified atom stereocenters. The maximum absolute atomic E-state index is 13.3. The Morgan fingerprint density at radius 1 is 1.04 bits per heavy atom. The van der Waals surface area contributed by atoms with Crippen LogP contribution < -0.4 is 0 Å². The van der Waals surface area contributed by atoms with Gasteiger partial charge < -0.3 is 0 Å². The van der Waals surface area contributed by atoms with Gasteiger partial charge in [0.05, 0.1) is 22.3 Å². The third kappa shape index (κ3) is 3.75. The quantitative estimate of drug-likeness (QED) is 0.451. The number of hydrogen-bond donors (Lipinski definition) is 0. The molecule has 0 saturated carbocycles. The monoisotopic (exact) mass is 452 g/mol. The van der Waals surface area contributed by atoms with E-state index >= 15 is 0 Å². The van der Waals surface area contributed by atoms with Gasteiger partial charge in [0, 0.05) is 10.9 Å². The summed E-state index contributed by atoms with van der Waals surface area (Å²) >= 11 is 9.75. The minimum atomic E-state index is -0.194. The molecular weight excluding hydrogens is 436 g/mol. The fourth-order valence-corrected chi connectivity index (χ4v) is 3.80. The van der Waals surface area contributed by atoms with Gasteiger partial charge in [0.25, 0.3) is 5.91 Å². The molecule has 28 heavy (non-hydrogen) atoms. The number of nitrogens with zero attached hydrogens (tertiary/aromatic N) is 2. The minimum absolute atomic E-state index is 0.173. The van der Waals surface area contributed by atoms with Crippen LogP contribution in [0.1, 0.15) is 39.5 Å². The lowest BCUT2D eigenvalue weighted by atomic mass is 9.97. The second kappa shape index (κ2) is 7.90. The first-order valence-corrected chi connectivity index (χ1v) is 10.2. The zero-order valence-electron chi connectivity index (χ0n) is 15.3. The third-order valence-electron chi connectivity index (χ3n) is 4.86. The van der Waals surface area contributed by atoms with E-state index in [1.54, 1.807) is 17.1 Å². The normalized spacial score (nSPS) is 16.2. The van der Waals surface area contributed by atoms with E-state index in [0.717, 1.165) is 21.3 Å². The molecular formula is C23H18BrClN2O. The van der Waals surface area contributed by atoms with Crippen LogP contribution in [-0.2, 0) is 0 Å². The maximum atomic E-state index is 13.3. The second-order valence-electron chi connectivity index (χ2n) is 6.81. The Labute approximate surface area is 177 Å². The Hall–Kier alpha value is -2.43. The highest BCUT2D eigenvalue weighted by Crippen LogP contribution is 2.35. The summed E-state index contributed by atoms with van der Waals surface area (Å²) in [4.78, 5) is 13.3. The van der Waals surface area contributed by atoms with Crippen molar-refractivity contribution in [3.63, 3.8) is 0 Å². The van der Waals surface area contributed by atoms with Gasteiger partial charge in [-0.15, -0.1) is 0 Å². The van der Waals surface area contributed by atoms with E-state index in [0.29, 0.717) is 17.0 Å². The number of carbonyl (C=O) groups excluding carboxylic acids is 1. The van der Waals surface area contributed by atoms with Crippen LogP contribution in [0.2, 0.25) is 5.02 Å². The number of aryl methyl sites for hydroxylation is 1. The molecule has 0 N–H and O–H groups in total. The molecule has 0 aliphatic carbocycles. The van der Waals surface area contributed by atoms with E-state index in [1.807, 2.05) is 36.4 Å². The third-order valence-corrected chi connectivity index (χ3v) is 5.72. The van der Waals surface area contributed by atoms with Gasteiger partial charge in [-0.1, -0.05) is 81.6 Å². The fourth-order valence-electron chi connectivity index (χ4n) is 3.32. The molecule has 0 aromatic heterocycles. The molecule has 1 atom stereocenters. The minimum Gasteiger partial charge on any atom is -0.267 e. The van der Waals surface area contributed by atoms with Gasteiger partial charge in [-0.05, 0) is 42.3 Å². The van der Waals surface area contributed by atoms with Crippen LogP contribution >= 0.6 is 27.5 Å². The zero-order valence-corrected chi connectivity index (χ0v) is 17.6. The average Bonchev–Trinajstić information content (AvgIpc) is 3.14. The summed E-state index contributed by atoms with van der Waals surface area (Å²) < 4.78 is 0.998. The van der Waals surface area contributed by atoms with E-state index in [4.69, 9.17) is 16.7 Å². The summed E-state index contributed by atoms with van der Waals surface area (Å²) in [5.74, 6) is -0.194. The van der Waals surface area contributed by atoms with Crippen molar-refractivity contribution in [3.05, 3.63) is 105 Å². The van der Waals surface area contributed by atoms with Crippen LogP contribution in [0.5, 0.6) is 0 Å². The number of benzene rings is 3. The van der Waals surface area contributed by atoms with Crippen molar-refractivity contribution in [3.8, 4) is 0 Å². The van der Waals surface area contributed by atoms with Crippen LogP contribution in [0.3, 0.4) is 0 Å². The Morgan fingerprint density at radius 3 is 2.39 bits per heavy atom. The Morgan fingerprint density at radius 2 is 1.71 bits per heavy atom. The van der Waals surface area contributed by atoms with Gasteiger partial charge in [0.1, 0.15) is 0 Å². The lowest BCUT2D eigenvalue weighted by molar-refractivity contribution is 0.0711. The summed E-state index contributed by atoms with van der Waals surface area (Å²) in [7, 11) is 0. The number of halogens is 2. The van der Waals surface area contributed by atoms with Gasteiger partial charge in [0.2, 0.25) is 0 Å². The molecule has 1 aliphatic rings. The molecule has 0 fully saturated rings. The zero-order chi connectivity index (χ0) is 19.7. The van der Waals surface area contributed by atoms with Crippen molar-refractivity contribution in [1.29, 1.82) is 0 Å². The summed E-state index contributed by atoms with van der Waals surface area (Å²) in [6, 6.07) is 23.2. The van der Waals surface area contributed by atoms with Crippen molar-refractivity contribution < 1.29 is 4.79 Å². The molecule has 0 saturated heterocycles. The van der Waals surface area contributed by atoms with E-state index in [9.17, 15) is 4.79 Å². The van der Waals surface area contributed by atoms with E-state index < -0.39 is 0 Å². The summed E-state index contributed by atoms with van der Waals surface area (Å²) in [6.45, 7) is 2.05. The number of hydrazone groups is 1. The van der Waals surface area contributed by atoms with Gasteiger partial charge in [-0.25, -0.2) is 5.01 Å². The molecule has 3 nitrogen and oxygen atoms in total. The van der Waals surface area contributed by atoms with Crippen molar-refractivity contribution in [2.45, 2.75) is 19.4 Å². The number of hydrogen-bond acceptors (Lipinski definition) is 2. The van der Waals surface area contributed by atoms with Crippen LogP contribution in [0.4, 0.5) is 0 Å². The highest BCUT2D eigenvalue weighted by Gasteiger charge is 2.34. The highest BCUT2D eigenvalue weighted by molar-refractivity contribution is 9.10. The molecule has 3 aromatic rings. The van der Waals surface area contributed by atoms with Crippen LogP contribution in [-0.4, -0.2) is 16.6 Å². The van der Waals surface area contributed by atoms with Crippen LogP contribution in [0, 0.1) is 6.92 Å². The molecule has 1 aliphatic heterocycles. The molecule has 1 heterocycles. The fraction of sp³-hybridized carbons (Fsp3) is 0.130. The molecule has 4 rings (SSSR count). The lowest BCUT2D eigenvalue weighted by Crippen LogP contribution is -2.27. The van der Waals surface area contributed by atoms with Crippen LogP contribution in [0.15, 0.2) is 82.4 Å². The Bertz CT molecular complexity index is 1040. The Balaban J connectivity index is 1.75. The molecule has 0 spiro atoms. The summed E-state index contributed by atoms with van der Waals surface area (Å²) in [5.41, 5.74) is 4.61. The second-order valence-corrected chi connectivity index (χ2v) is 8.14. The largest absolute Gasteiger partial charge is 0.276 e. The van der Waals surface area contributed by atoms with Gasteiger partial charge in [-0.3, -0.25) is 4.79 Å². The smallest absolute Gasteiger partial charge is 0.267 e. The number of rotatable bonds is 3. The molecule has 1 amide bonds. The van der Waals surface area contributed by atoms with Crippen molar-refractivity contribution in [2.75, 3.05) is 0 Å². The maximum Gasteiger partial charge on any atom is 0.276 e. The molecule has 5 heteroatoms.